The minimum atomic E-state index is -2.62. The number of H-pyrrole nitrogens is 1. The zero-order valence-corrected chi connectivity index (χ0v) is 13.5. The number of rotatable bonds is 3. The van der Waals surface area contributed by atoms with E-state index in [0.29, 0.717) is 42.6 Å². The molecule has 0 fully saturated rings. The summed E-state index contributed by atoms with van der Waals surface area (Å²) in [4.78, 5) is 32.6. The highest BCUT2D eigenvalue weighted by molar-refractivity contribution is 5.76. The predicted molar refractivity (Wildman–Crippen MR) is 83.2 cm³/mol. The largest absolute Gasteiger partial charge is 0.335 e. The molecule has 25 heavy (non-hydrogen) atoms. The minimum Gasteiger partial charge on any atom is -0.335 e. The molecule has 1 aliphatic heterocycles. The van der Waals surface area contributed by atoms with Crippen molar-refractivity contribution in [1.29, 1.82) is 0 Å². The molecule has 132 valence electrons. The molecule has 0 unspecified atom stereocenters. The van der Waals surface area contributed by atoms with E-state index >= 15 is 0 Å². The van der Waals surface area contributed by atoms with Crippen LogP contribution in [0.25, 0.3) is 0 Å². The number of nitrogens with zero attached hydrogens (tertiary/aromatic N) is 4. The minimum absolute atomic E-state index is 0.0619. The Morgan fingerprint density at radius 2 is 2.12 bits per heavy atom. The Bertz CT molecular complexity index is 889. The van der Waals surface area contributed by atoms with Crippen molar-refractivity contribution in [1.82, 2.24) is 24.6 Å². The number of amides is 1. The summed E-state index contributed by atoms with van der Waals surface area (Å²) in [5.74, 6) is -0.203. The molecule has 2 aromatic rings. The standard InChI is InChI=1S/C16H17F2N5O2/c17-15(18)14-10-2-1-3-12(10)23(21-14)7-13(24)22-5-4-9-11(6-22)19-8-20-16(9)25/h8,15H,1-7H2,(H,19,20,25). The van der Waals surface area contributed by atoms with Gasteiger partial charge in [-0.05, 0) is 25.7 Å². The van der Waals surface area contributed by atoms with Gasteiger partial charge < -0.3 is 9.88 Å². The number of fused-ring (bicyclic) bond motifs is 2. The van der Waals surface area contributed by atoms with E-state index in [1.165, 1.54) is 11.0 Å². The lowest BCUT2D eigenvalue weighted by atomic mass is 10.1. The summed E-state index contributed by atoms with van der Waals surface area (Å²) >= 11 is 0. The Balaban J connectivity index is 1.54. The molecule has 1 aliphatic carbocycles. The first-order valence-corrected chi connectivity index (χ1v) is 8.24. The lowest BCUT2D eigenvalue weighted by molar-refractivity contribution is -0.133. The summed E-state index contributed by atoms with van der Waals surface area (Å²) in [6.45, 7) is 0.600. The molecule has 3 heterocycles. The molecule has 2 aromatic heterocycles. The number of hydrogen-bond donors (Lipinski definition) is 1. The third kappa shape index (κ3) is 2.73. The van der Waals surface area contributed by atoms with E-state index in [-0.39, 0.29) is 30.2 Å². The fraction of sp³-hybridized carbons (Fsp3) is 0.500. The van der Waals surface area contributed by atoms with Gasteiger partial charge in [0.05, 0.1) is 18.6 Å². The van der Waals surface area contributed by atoms with Crippen LogP contribution in [-0.4, -0.2) is 37.1 Å². The van der Waals surface area contributed by atoms with Crippen LogP contribution >= 0.6 is 0 Å². The molecule has 0 saturated carbocycles. The van der Waals surface area contributed by atoms with Gasteiger partial charge in [0.2, 0.25) is 5.91 Å². The number of halogens is 2. The van der Waals surface area contributed by atoms with Crippen molar-refractivity contribution in [2.45, 2.75) is 45.2 Å². The molecule has 0 spiro atoms. The Labute approximate surface area is 141 Å². The summed E-state index contributed by atoms with van der Waals surface area (Å²) in [7, 11) is 0. The molecule has 0 atom stereocenters. The maximum atomic E-state index is 13.1. The summed E-state index contributed by atoms with van der Waals surface area (Å²) in [5, 5.41) is 3.97. The van der Waals surface area contributed by atoms with Crippen LogP contribution in [0.2, 0.25) is 0 Å². The lowest BCUT2D eigenvalue weighted by Gasteiger charge is -2.27. The molecule has 1 amide bonds. The molecule has 7 nitrogen and oxygen atoms in total. The number of aromatic amines is 1. The van der Waals surface area contributed by atoms with Crippen LogP contribution in [0.4, 0.5) is 8.78 Å². The van der Waals surface area contributed by atoms with Crippen LogP contribution in [0.1, 0.15) is 41.1 Å². The summed E-state index contributed by atoms with van der Waals surface area (Å²) in [5.41, 5.74) is 2.16. The Morgan fingerprint density at radius 3 is 2.92 bits per heavy atom. The molecule has 0 radical (unpaired) electrons. The topological polar surface area (TPSA) is 83.9 Å². The van der Waals surface area contributed by atoms with Gasteiger partial charge in [-0.3, -0.25) is 14.3 Å². The highest BCUT2D eigenvalue weighted by atomic mass is 19.3. The number of carbonyl (C=O) groups is 1. The van der Waals surface area contributed by atoms with E-state index in [1.54, 1.807) is 4.90 Å². The first kappa shape index (κ1) is 15.9. The van der Waals surface area contributed by atoms with Crippen molar-refractivity contribution in [3.05, 3.63) is 44.9 Å². The van der Waals surface area contributed by atoms with Gasteiger partial charge in [-0.15, -0.1) is 0 Å². The lowest BCUT2D eigenvalue weighted by Crippen LogP contribution is -2.40. The molecule has 0 aromatic carbocycles. The third-order valence-corrected chi connectivity index (χ3v) is 4.89. The van der Waals surface area contributed by atoms with Gasteiger partial charge in [-0.1, -0.05) is 0 Å². The monoisotopic (exact) mass is 349 g/mol. The Hall–Kier alpha value is -2.58. The molecule has 2 aliphatic rings. The average Bonchev–Trinajstić information content (AvgIpc) is 3.18. The highest BCUT2D eigenvalue weighted by Gasteiger charge is 2.29. The van der Waals surface area contributed by atoms with Gasteiger partial charge >= 0.3 is 0 Å². The van der Waals surface area contributed by atoms with Crippen LogP contribution in [0.15, 0.2) is 11.1 Å². The second-order valence-corrected chi connectivity index (χ2v) is 6.34. The maximum absolute atomic E-state index is 13.1. The average molecular weight is 349 g/mol. The van der Waals surface area contributed by atoms with Gasteiger partial charge in [0.15, 0.2) is 0 Å². The first-order valence-electron chi connectivity index (χ1n) is 8.24. The van der Waals surface area contributed by atoms with E-state index in [9.17, 15) is 18.4 Å². The van der Waals surface area contributed by atoms with Crippen LogP contribution in [0.3, 0.4) is 0 Å². The van der Waals surface area contributed by atoms with E-state index < -0.39 is 6.43 Å². The van der Waals surface area contributed by atoms with Crippen LogP contribution in [-0.2, 0) is 37.1 Å². The molecule has 4 rings (SSSR count). The van der Waals surface area contributed by atoms with Gasteiger partial charge in [0.1, 0.15) is 12.2 Å². The molecule has 1 N–H and O–H groups in total. The van der Waals surface area contributed by atoms with Crippen LogP contribution in [0.5, 0.6) is 0 Å². The van der Waals surface area contributed by atoms with Crippen molar-refractivity contribution in [3.63, 3.8) is 0 Å². The molecule has 0 bridgehead atoms. The summed E-state index contributed by atoms with van der Waals surface area (Å²) in [6.07, 6.45) is 1.20. The van der Waals surface area contributed by atoms with Crippen molar-refractivity contribution in [2.24, 2.45) is 0 Å². The fourth-order valence-electron chi connectivity index (χ4n) is 3.65. The Kier molecular flexibility index (Phi) is 3.85. The molecular weight excluding hydrogens is 332 g/mol. The first-order chi connectivity index (χ1) is 12.0. The van der Waals surface area contributed by atoms with Crippen molar-refractivity contribution in [3.8, 4) is 0 Å². The zero-order valence-electron chi connectivity index (χ0n) is 13.5. The van der Waals surface area contributed by atoms with Crippen LogP contribution in [0, 0.1) is 0 Å². The van der Waals surface area contributed by atoms with E-state index in [1.807, 2.05) is 0 Å². The van der Waals surface area contributed by atoms with Gasteiger partial charge in [-0.2, -0.15) is 5.10 Å². The normalized spacial score (nSPS) is 16.2. The highest BCUT2D eigenvalue weighted by Crippen LogP contribution is 2.31. The number of aromatic nitrogens is 4. The van der Waals surface area contributed by atoms with Gasteiger partial charge in [0.25, 0.3) is 12.0 Å². The van der Waals surface area contributed by atoms with Crippen molar-refractivity contribution in [2.75, 3.05) is 6.54 Å². The fourth-order valence-corrected chi connectivity index (χ4v) is 3.65. The maximum Gasteiger partial charge on any atom is 0.282 e. The number of alkyl halides is 2. The second kappa shape index (κ2) is 6.05. The van der Waals surface area contributed by atoms with Gasteiger partial charge in [0, 0.05) is 23.4 Å². The van der Waals surface area contributed by atoms with E-state index in [4.69, 9.17) is 0 Å². The quantitative estimate of drug-likeness (QED) is 0.895. The predicted octanol–water partition coefficient (Wildman–Crippen LogP) is 0.978. The zero-order chi connectivity index (χ0) is 17.6. The van der Waals surface area contributed by atoms with Gasteiger partial charge in [-0.25, -0.2) is 13.8 Å². The Morgan fingerprint density at radius 1 is 1.28 bits per heavy atom. The van der Waals surface area contributed by atoms with Crippen molar-refractivity contribution >= 4 is 5.91 Å². The molecular formula is C16H17F2N5O2. The van der Waals surface area contributed by atoms with E-state index in [2.05, 4.69) is 15.1 Å². The number of hydrogen-bond acceptors (Lipinski definition) is 4. The summed E-state index contributed by atoms with van der Waals surface area (Å²) < 4.78 is 27.7. The SMILES string of the molecule is O=C(Cn1nc(C(F)F)c2c1CCC2)N1CCc2c(nc[nH]c2=O)C1. The molecule has 0 saturated heterocycles. The second-order valence-electron chi connectivity index (χ2n) is 6.34. The number of nitrogens with one attached hydrogen (secondary N) is 1. The summed E-state index contributed by atoms with van der Waals surface area (Å²) in [6, 6.07) is 0. The van der Waals surface area contributed by atoms with Crippen LogP contribution < -0.4 is 5.56 Å². The smallest absolute Gasteiger partial charge is 0.282 e. The number of carbonyl (C=O) groups excluding carboxylic acids is 1. The van der Waals surface area contributed by atoms with Crippen molar-refractivity contribution < 1.29 is 13.6 Å². The third-order valence-electron chi connectivity index (χ3n) is 4.89. The molecule has 9 heteroatoms. The van der Waals surface area contributed by atoms with E-state index in [0.717, 1.165) is 12.1 Å².